The van der Waals surface area contributed by atoms with Crippen LogP contribution in [0.3, 0.4) is 0 Å². The van der Waals surface area contributed by atoms with Crippen LogP contribution in [-0.2, 0) is 0 Å². The van der Waals surface area contributed by atoms with Gasteiger partial charge in [0.2, 0.25) is 0 Å². The van der Waals surface area contributed by atoms with Crippen molar-refractivity contribution in [3.8, 4) is 5.75 Å². The van der Waals surface area contributed by atoms with E-state index in [1.165, 1.54) is 17.5 Å². The van der Waals surface area contributed by atoms with Crippen LogP contribution < -0.4 is 15.4 Å². The Bertz CT molecular complexity index is 864. The van der Waals surface area contributed by atoms with Gasteiger partial charge in [-0.2, -0.15) is 0 Å². The number of benzene rings is 2. The Balaban J connectivity index is 1.80. The van der Waals surface area contributed by atoms with Gasteiger partial charge in [0, 0.05) is 11.8 Å². The first-order valence-corrected chi connectivity index (χ1v) is 8.31. The normalized spacial score (nSPS) is 10.4. The summed E-state index contributed by atoms with van der Waals surface area (Å²) in [6.45, 7) is 6.74. The SMILES string of the molecule is CCOc1ccccc1Nc1cc(Nc2ccc(C)cc2C)ncn1. The molecule has 0 aliphatic rings. The molecule has 3 rings (SSSR count). The highest BCUT2D eigenvalue weighted by molar-refractivity contribution is 5.67. The minimum atomic E-state index is 0.613. The van der Waals surface area contributed by atoms with E-state index < -0.39 is 0 Å². The molecule has 5 heteroatoms. The molecule has 0 bridgehead atoms. The fourth-order valence-electron chi connectivity index (χ4n) is 2.58. The number of ether oxygens (including phenoxy) is 1. The fourth-order valence-corrected chi connectivity index (χ4v) is 2.58. The van der Waals surface area contributed by atoms with Gasteiger partial charge >= 0.3 is 0 Å². The summed E-state index contributed by atoms with van der Waals surface area (Å²) in [5.41, 5.74) is 4.32. The van der Waals surface area contributed by atoms with E-state index in [0.717, 1.165) is 22.9 Å². The highest BCUT2D eigenvalue weighted by atomic mass is 16.5. The summed E-state index contributed by atoms with van der Waals surface area (Å²) in [7, 11) is 0. The van der Waals surface area contributed by atoms with Crippen molar-refractivity contribution in [2.24, 2.45) is 0 Å². The maximum absolute atomic E-state index is 5.64. The van der Waals surface area contributed by atoms with Crippen LogP contribution in [0.2, 0.25) is 0 Å². The van der Waals surface area contributed by atoms with Gasteiger partial charge in [0.15, 0.2) is 0 Å². The van der Waals surface area contributed by atoms with Crippen LogP contribution in [0, 0.1) is 13.8 Å². The molecule has 0 amide bonds. The zero-order valence-corrected chi connectivity index (χ0v) is 14.7. The molecule has 0 saturated carbocycles. The molecule has 1 heterocycles. The van der Waals surface area contributed by atoms with Crippen LogP contribution in [0.15, 0.2) is 54.9 Å². The van der Waals surface area contributed by atoms with E-state index in [0.29, 0.717) is 12.4 Å². The lowest BCUT2D eigenvalue weighted by Crippen LogP contribution is -2.01. The van der Waals surface area contributed by atoms with Gasteiger partial charge in [-0.15, -0.1) is 0 Å². The van der Waals surface area contributed by atoms with E-state index in [1.54, 1.807) is 0 Å². The Kier molecular flexibility index (Phi) is 5.14. The smallest absolute Gasteiger partial charge is 0.142 e. The molecule has 2 aromatic carbocycles. The first kappa shape index (κ1) is 16.8. The van der Waals surface area contributed by atoms with Crippen molar-refractivity contribution in [3.05, 3.63) is 66.0 Å². The Labute approximate surface area is 148 Å². The topological polar surface area (TPSA) is 59.1 Å². The standard InChI is InChI=1S/C20H22N4O/c1-4-25-18-8-6-5-7-17(18)24-20-12-19(21-13-22-20)23-16-10-9-14(2)11-15(16)3/h5-13H,4H2,1-3H3,(H2,21,22,23,24). The van der Waals surface area contributed by atoms with Crippen LogP contribution >= 0.6 is 0 Å². The molecule has 0 spiro atoms. The Morgan fingerprint density at radius 1 is 0.880 bits per heavy atom. The number of rotatable bonds is 6. The number of aromatic nitrogens is 2. The fraction of sp³-hybridized carbons (Fsp3) is 0.200. The average Bonchev–Trinajstić information content (AvgIpc) is 2.60. The number of nitrogens with one attached hydrogen (secondary N) is 2. The summed E-state index contributed by atoms with van der Waals surface area (Å²) in [5, 5.41) is 6.63. The second kappa shape index (κ2) is 7.66. The number of nitrogens with zero attached hydrogens (tertiary/aromatic N) is 2. The van der Waals surface area contributed by atoms with E-state index in [2.05, 4.69) is 52.6 Å². The quantitative estimate of drug-likeness (QED) is 0.666. The predicted octanol–water partition coefficient (Wildman–Crippen LogP) is 4.98. The lowest BCUT2D eigenvalue weighted by atomic mass is 10.1. The van der Waals surface area contributed by atoms with Crippen molar-refractivity contribution in [3.63, 3.8) is 0 Å². The number of aryl methyl sites for hydroxylation is 2. The van der Waals surface area contributed by atoms with Crippen LogP contribution in [0.25, 0.3) is 0 Å². The maximum Gasteiger partial charge on any atom is 0.142 e. The molecule has 1 aromatic heterocycles. The maximum atomic E-state index is 5.64. The van der Waals surface area contributed by atoms with Crippen LogP contribution in [0.1, 0.15) is 18.1 Å². The lowest BCUT2D eigenvalue weighted by Gasteiger charge is -2.13. The van der Waals surface area contributed by atoms with Crippen molar-refractivity contribution in [1.82, 2.24) is 9.97 Å². The molecule has 0 atom stereocenters. The molecule has 25 heavy (non-hydrogen) atoms. The number of para-hydroxylation sites is 2. The van der Waals surface area contributed by atoms with E-state index in [1.807, 2.05) is 37.3 Å². The summed E-state index contributed by atoms with van der Waals surface area (Å²) in [6, 6.07) is 16.0. The van der Waals surface area contributed by atoms with Gasteiger partial charge in [-0.3, -0.25) is 0 Å². The minimum Gasteiger partial charge on any atom is -0.492 e. The summed E-state index contributed by atoms with van der Waals surface area (Å²) in [5.74, 6) is 2.24. The zero-order valence-electron chi connectivity index (χ0n) is 14.7. The number of hydrogen-bond acceptors (Lipinski definition) is 5. The van der Waals surface area contributed by atoms with Crippen molar-refractivity contribution >= 4 is 23.0 Å². The Morgan fingerprint density at radius 2 is 1.60 bits per heavy atom. The van der Waals surface area contributed by atoms with Gasteiger partial charge in [-0.1, -0.05) is 29.8 Å². The largest absolute Gasteiger partial charge is 0.492 e. The second-order valence-corrected chi connectivity index (χ2v) is 5.79. The summed E-state index contributed by atoms with van der Waals surface area (Å²) in [4.78, 5) is 8.60. The van der Waals surface area contributed by atoms with E-state index >= 15 is 0 Å². The monoisotopic (exact) mass is 334 g/mol. The van der Waals surface area contributed by atoms with E-state index in [9.17, 15) is 0 Å². The molecule has 2 N–H and O–H groups in total. The van der Waals surface area contributed by atoms with Gasteiger partial charge in [0.1, 0.15) is 23.7 Å². The summed E-state index contributed by atoms with van der Waals surface area (Å²) < 4.78 is 5.64. The van der Waals surface area contributed by atoms with Crippen LogP contribution in [0.5, 0.6) is 5.75 Å². The molecular weight excluding hydrogens is 312 g/mol. The molecule has 0 aliphatic heterocycles. The first-order chi connectivity index (χ1) is 12.2. The summed E-state index contributed by atoms with van der Waals surface area (Å²) >= 11 is 0. The first-order valence-electron chi connectivity index (χ1n) is 8.31. The molecule has 0 aliphatic carbocycles. The van der Waals surface area contributed by atoms with Crippen molar-refractivity contribution in [2.75, 3.05) is 17.2 Å². The van der Waals surface area contributed by atoms with Crippen LogP contribution in [-0.4, -0.2) is 16.6 Å². The van der Waals surface area contributed by atoms with Crippen molar-refractivity contribution < 1.29 is 4.74 Å². The third-order valence-corrected chi connectivity index (χ3v) is 3.76. The van der Waals surface area contributed by atoms with Gasteiger partial charge in [-0.05, 0) is 44.5 Å². The zero-order chi connectivity index (χ0) is 17.6. The Hall–Kier alpha value is -3.08. The molecular formula is C20H22N4O. The highest BCUT2D eigenvalue weighted by Crippen LogP contribution is 2.28. The Morgan fingerprint density at radius 3 is 2.32 bits per heavy atom. The molecule has 5 nitrogen and oxygen atoms in total. The lowest BCUT2D eigenvalue weighted by molar-refractivity contribution is 0.342. The van der Waals surface area contributed by atoms with E-state index in [-0.39, 0.29) is 0 Å². The van der Waals surface area contributed by atoms with Gasteiger partial charge in [0.25, 0.3) is 0 Å². The predicted molar refractivity (Wildman–Crippen MR) is 102 cm³/mol. The van der Waals surface area contributed by atoms with Gasteiger partial charge < -0.3 is 15.4 Å². The minimum absolute atomic E-state index is 0.613. The summed E-state index contributed by atoms with van der Waals surface area (Å²) in [6.07, 6.45) is 1.54. The number of anilines is 4. The number of hydrogen-bond donors (Lipinski definition) is 2. The van der Waals surface area contributed by atoms with Crippen molar-refractivity contribution in [1.29, 1.82) is 0 Å². The molecule has 128 valence electrons. The second-order valence-electron chi connectivity index (χ2n) is 5.79. The average molecular weight is 334 g/mol. The molecule has 3 aromatic rings. The van der Waals surface area contributed by atoms with Gasteiger partial charge in [-0.25, -0.2) is 9.97 Å². The van der Waals surface area contributed by atoms with Gasteiger partial charge in [0.05, 0.1) is 12.3 Å². The highest BCUT2D eigenvalue weighted by Gasteiger charge is 2.06. The molecule has 0 fully saturated rings. The third kappa shape index (κ3) is 4.26. The van der Waals surface area contributed by atoms with Crippen molar-refractivity contribution in [2.45, 2.75) is 20.8 Å². The molecule has 0 radical (unpaired) electrons. The third-order valence-electron chi connectivity index (χ3n) is 3.76. The molecule has 0 saturated heterocycles. The van der Waals surface area contributed by atoms with Crippen LogP contribution in [0.4, 0.5) is 23.0 Å². The molecule has 0 unspecified atom stereocenters. The van der Waals surface area contributed by atoms with E-state index in [4.69, 9.17) is 4.74 Å².